The van der Waals surface area contributed by atoms with E-state index in [2.05, 4.69) is 4.74 Å². The van der Waals surface area contributed by atoms with E-state index in [1.165, 1.54) is 12.0 Å². The highest BCUT2D eigenvalue weighted by atomic mass is 16.5. The number of hydrogen-bond donors (Lipinski definition) is 0. The summed E-state index contributed by atoms with van der Waals surface area (Å²) in [5, 5.41) is 0. The number of methoxy groups -OCH3 is 1. The molecule has 1 aliphatic rings. The highest BCUT2D eigenvalue weighted by Crippen LogP contribution is 2.23. The van der Waals surface area contributed by atoms with Crippen LogP contribution in [0.2, 0.25) is 0 Å². The fourth-order valence-corrected chi connectivity index (χ4v) is 2.40. The summed E-state index contributed by atoms with van der Waals surface area (Å²) in [5.74, 6) is -1.27. The summed E-state index contributed by atoms with van der Waals surface area (Å²) in [5.41, 5.74) is 0.862. The molecule has 0 aliphatic carbocycles. The lowest BCUT2D eigenvalue weighted by molar-refractivity contribution is -0.151. The van der Waals surface area contributed by atoms with E-state index in [0.29, 0.717) is 0 Å². The number of rotatable bonds is 3. The Morgan fingerprint density at radius 1 is 1.30 bits per heavy atom. The van der Waals surface area contributed by atoms with Crippen molar-refractivity contribution >= 4 is 17.7 Å². The molecule has 2 rings (SSSR count). The van der Waals surface area contributed by atoms with Crippen LogP contribution in [0.1, 0.15) is 24.8 Å². The molecule has 0 bridgehead atoms. The number of likely N-dealkylation sites (tertiary alicyclic amines) is 1. The number of carbonyl (C=O) groups is 3. The first-order chi connectivity index (χ1) is 9.54. The maximum absolute atomic E-state index is 12.5. The third-order valence-corrected chi connectivity index (χ3v) is 3.57. The molecule has 1 fully saturated rings. The number of amides is 1. The second kappa shape index (κ2) is 5.86. The van der Waals surface area contributed by atoms with Crippen LogP contribution in [-0.2, 0) is 19.1 Å². The predicted molar refractivity (Wildman–Crippen MR) is 72.0 cm³/mol. The van der Waals surface area contributed by atoms with Crippen molar-refractivity contribution in [1.82, 2.24) is 4.90 Å². The van der Waals surface area contributed by atoms with Gasteiger partial charge in [0.25, 0.3) is 0 Å². The molecule has 0 saturated carbocycles. The molecule has 2 atom stereocenters. The van der Waals surface area contributed by atoms with Crippen LogP contribution in [0.5, 0.6) is 0 Å². The van der Waals surface area contributed by atoms with Crippen LogP contribution in [-0.4, -0.2) is 42.3 Å². The number of ketones is 1. The van der Waals surface area contributed by atoms with Crippen LogP contribution in [0.4, 0.5) is 0 Å². The fourth-order valence-electron chi connectivity index (χ4n) is 2.40. The molecule has 106 valence electrons. The molecule has 5 nitrogen and oxygen atoms in total. The molecule has 1 aliphatic heterocycles. The Labute approximate surface area is 117 Å². The number of ether oxygens (including phenoxy) is 1. The first kappa shape index (κ1) is 14.2. The van der Waals surface area contributed by atoms with Crippen molar-refractivity contribution in [2.45, 2.75) is 25.3 Å². The summed E-state index contributed by atoms with van der Waals surface area (Å²) < 4.78 is 4.66. The molecule has 1 aromatic rings. The molecule has 5 heteroatoms. The Kier molecular flexibility index (Phi) is 4.17. The van der Waals surface area contributed by atoms with E-state index in [0.717, 1.165) is 5.56 Å². The van der Waals surface area contributed by atoms with E-state index < -0.39 is 17.9 Å². The van der Waals surface area contributed by atoms with Crippen molar-refractivity contribution in [2.24, 2.45) is 0 Å². The Morgan fingerprint density at radius 3 is 2.55 bits per heavy atom. The Morgan fingerprint density at radius 2 is 1.95 bits per heavy atom. The zero-order valence-corrected chi connectivity index (χ0v) is 11.5. The third kappa shape index (κ3) is 2.71. The van der Waals surface area contributed by atoms with Gasteiger partial charge in [-0.2, -0.15) is 0 Å². The van der Waals surface area contributed by atoms with E-state index in [1.54, 1.807) is 6.92 Å². The minimum Gasteiger partial charge on any atom is -0.467 e. The van der Waals surface area contributed by atoms with Crippen LogP contribution < -0.4 is 0 Å². The standard InChI is InChI=1S/C15H17NO4/c1-10(11-6-4-3-5-7-11)14(18)16-9-12(17)8-13(16)15(19)20-2/h3-7,10,13H,8-9H2,1-2H3/t10?,13-/m0/s1. The van der Waals surface area contributed by atoms with E-state index in [1.807, 2.05) is 30.3 Å². The van der Waals surface area contributed by atoms with Crippen molar-refractivity contribution < 1.29 is 19.1 Å². The summed E-state index contributed by atoms with van der Waals surface area (Å²) in [6.45, 7) is 1.75. The maximum Gasteiger partial charge on any atom is 0.329 e. The van der Waals surface area contributed by atoms with Gasteiger partial charge in [-0.05, 0) is 12.5 Å². The van der Waals surface area contributed by atoms with Crippen molar-refractivity contribution in [3.05, 3.63) is 35.9 Å². The quantitative estimate of drug-likeness (QED) is 0.776. The first-order valence-electron chi connectivity index (χ1n) is 6.49. The second-order valence-corrected chi connectivity index (χ2v) is 4.88. The predicted octanol–water partition coefficient (Wildman–Crippen LogP) is 1.13. The van der Waals surface area contributed by atoms with Crippen molar-refractivity contribution in [3.8, 4) is 0 Å². The Balaban J connectivity index is 2.19. The number of benzene rings is 1. The minimum absolute atomic E-state index is 0.0181. The van der Waals surface area contributed by atoms with Gasteiger partial charge in [0.1, 0.15) is 6.04 Å². The second-order valence-electron chi connectivity index (χ2n) is 4.88. The van der Waals surface area contributed by atoms with Gasteiger partial charge in [0.05, 0.1) is 19.6 Å². The third-order valence-electron chi connectivity index (χ3n) is 3.57. The number of esters is 1. The van der Waals surface area contributed by atoms with E-state index >= 15 is 0 Å². The van der Waals surface area contributed by atoms with Crippen LogP contribution >= 0.6 is 0 Å². The lowest BCUT2D eigenvalue weighted by atomic mass is 9.99. The average molecular weight is 275 g/mol. The van der Waals surface area contributed by atoms with Gasteiger partial charge >= 0.3 is 5.97 Å². The smallest absolute Gasteiger partial charge is 0.329 e. The average Bonchev–Trinajstić information content (AvgIpc) is 2.87. The zero-order chi connectivity index (χ0) is 14.7. The van der Waals surface area contributed by atoms with E-state index in [4.69, 9.17) is 0 Å². The van der Waals surface area contributed by atoms with Crippen LogP contribution in [0.3, 0.4) is 0 Å². The maximum atomic E-state index is 12.5. The molecular formula is C15H17NO4. The number of Topliss-reactive ketones (excluding diaryl/α,β-unsaturated/α-hetero) is 1. The van der Waals surface area contributed by atoms with Crippen LogP contribution in [0.25, 0.3) is 0 Å². The van der Waals surface area contributed by atoms with Gasteiger partial charge < -0.3 is 9.64 Å². The molecule has 1 saturated heterocycles. The topological polar surface area (TPSA) is 63.7 Å². The lowest BCUT2D eigenvalue weighted by Crippen LogP contribution is -2.43. The van der Waals surface area contributed by atoms with Crippen molar-refractivity contribution in [1.29, 1.82) is 0 Å². The molecular weight excluding hydrogens is 258 g/mol. The Bertz CT molecular complexity index is 526. The van der Waals surface area contributed by atoms with E-state index in [-0.39, 0.29) is 24.7 Å². The first-order valence-corrected chi connectivity index (χ1v) is 6.49. The molecule has 0 aromatic heterocycles. The van der Waals surface area contributed by atoms with Crippen LogP contribution in [0, 0.1) is 0 Å². The monoisotopic (exact) mass is 275 g/mol. The van der Waals surface area contributed by atoms with Crippen molar-refractivity contribution in [3.63, 3.8) is 0 Å². The van der Waals surface area contributed by atoms with Gasteiger partial charge in [-0.25, -0.2) is 4.79 Å². The minimum atomic E-state index is -0.786. The van der Waals surface area contributed by atoms with Crippen LogP contribution in [0.15, 0.2) is 30.3 Å². The summed E-state index contributed by atoms with van der Waals surface area (Å²) in [4.78, 5) is 37.0. The summed E-state index contributed by atoms with van der Waals surface area (Å²) in [6.07, 6.45) is 0.0416. The van der Waals surface area contributed by atoms with Gasteiger partial charge in [-0.1, -0.05) is 30.3 Å². The van der Waals surface area contributed by atoms with Crippen molar-refractivity contribution in [2.75, 3.05) is 13.7 Å². The molecule has 1 unspecified atom stereocenters. The normalized spacial score (nSPS) is 19.8. The molecule has 1 amide bonds. The SMILES string of the molecule is COC(=O)[C@@H]1CC(=O)CN1C(=O)C(C)c1ccccc1. The fraction of sp³-hybridized carbons (Fsp3) is 0.400. The van der Waals surface area contributed by atoms with Gasteiger partial charge in [0.15, 0.2) is 5.78 Å². The molecule has 20 heavy (non-hydrogen) atoms. The molecule has 0 radical (unpaired) electrons. The molecule has 1 aromatic carbocycles. The summed E-state index contributed by atoms with van der Waals surface area (Å²) in [7, 11) is 1.26. The zero-order valence-electron chi connectivity index (χ0n) is 11.5. The highest BCUT2D eigenvalue weighted by Gasteiger charge is 2.40. The largest absolute Gasteiger partial charge is 0.467 e. The summed E-state index contributed by atoms with van der Waals surface area (Å²) in [6, 6.07) is 8.50. The highest BCUT2D eigenvalue weighted by molar-refractivity contribution is 5.98. The van der Waals surface area contributed by atoms with Gasteiger partial charge in [-0.3, -0.25) is 9.59 Å². The summed E-state index contributed by atoms with van der Waals surface area (Å²) >= 11 is 0. The van der Waals surface area contributed by atoms with Gasteiger partial charge in [0.2, 0.25) is 5.91 Å². The molecule has 0 spiro atoms. The molecule has 0 N–H and O–H groups in total. The number of nitrogens with zero attached hydrogens (tertiary/aromatic N) is 1. The number of carbonyl (C=O) groups excluding carboxylic acids is 3. The van der Waals surface area contributed by atoms with Gasteiger partial charge in [-0.15, -0.1) is 0 Å². The molecule has 1 heterocycles. The number of hydrogen-bond acceptors (Lipinski definition) is 4. The van der Waals surface area contributed by atoms with E-state index in [9.17, 15) is 14.4 Å². The lowest BCUT2D eigenvalue weighted by Gasteiger charge is -2.25. The van der Waals surface area contributed by atoms with Gasteiger partial charge in [0, 0.05) is 6.42 Å². The Hall–Kier alpha value is -2.17.